The molecule has 1 atom stereocenters. The number of carbonyl (C=O) groups excluding carboxylic acids is 1. The van der Waals surface area contributed by atoms with Gasteiger partial charge in [0.05, 0.1) is 0 Å². The van der Waals surface area contributed by atoms with Gasteiger partial charge in [-0.2, -0.15) is 0 Å². The molecule has 0 bridgehead atoms. The Kier molecular flexibility index (Phi) is 2.82. The lowest BCUT2D eigenvalue weighted by atomic mass is 10.1. The first-order valence-corrected chi connectivity index (χ1v) is 5.96. The van der Waals surface area contributed by atoms with Gasteiger partial charge in [-0.3, -0.25) is 0 Å². The number of hydrogen-bond donors (Lipinski definition) is 0. The van der Waals surface area contributed by atoms with Crippen LogP contribution in [0.3, 0.4) is 0 Å². The molecule has 0 aromatic heterocycles. The number of rotatable bonds is 2. The minimum atomic E-state index is -0.214. The van der Waals surface area contributed by atoms with E-state index >= 15 is 0 Å². The molecular weight excluding hydrogens is 208 g/mol. The maximum Gasteiger partial charge on any atom is 0.334 e. The summed E-state index contributed by atoms with van der Waals surface area (Å²) in [6.07, 6.45) is 3.69. The van der Waals surface area contributed by atoms with Gasteiger partial charge in [0.15, 0.2) is 0 Å². The van der Waals surface area contributed by atoms with Crippen LogP contribution in [0.2, 0.25) is 0 Å². The van der Waals surface area contributed by atoms with Gasteiger partial charge in [0.2, 0.25) is 0 Å². The molecule has 0 radical (unpaired) electrons. The number of cyclic esters (lactones) is 1. The Hall–Kier alpha value is -1.22. The summed E-state index contributed by atoms with van der Waals surface area (Å²) in [5.74, 6) is -0.214. The minimum absolute atomic E-state index is 0.201. The summed E-state index contributed by atoms with van der Waals surface area (Å²) in [6.45, 7) is 1.78. The summed E-state index contributed by atoms with van der Waals surface area (Å²) in [4.78, 5) is 12.4. The fourth-order valence-electron chi connectivity index (χ4n) is 1.50. The number of ether oxygens (including phenoxy) is 1. The molecule has 0 amide bonds. The topological polar surface area (TPSA) is 26.3 Å². The lowest BCUT2D eigenvalue weighted by Crippen LogP contribution is -2.00. The Morgan fingerprint density at radius 2 is 1.93 bits per heavy atom. The van der Waals surface area contributed by atoms with E-state index in [4.69, 9.17) is 4.74 Å². The van der Waals surface area contributed by atoms with Crippen molar-refractivity contribution in [3.8, 4) is 0 Å². The highest BCUT2D eigenvalue weighted by Gasteiger charge is 2.23. The van der Waals surface area contributed by atoms with E-state index in [9.17, 15) is 4.79 Å². The third-order valence-electron chi connectivity index (χ3n) is 2.40. The molecule has 78 valence electrons. The van der Waals surface area contributed by atoms with Crippen LogP contribution in [0.4, 0.5) is 0 Å². The summed E-state index contributed by atoms with van der Waals surface area (Å²) in [5, 5.41) is 0. The molecule has 1 heterocycles. The van der Waals surface area contributed by atoms with Crippen LogP contribution in [-0.4, -0.2) is 12.2 Å². The van der Waals surface area contributed by atoms with Crippen LogP contribution in [-0.2, 0) is 9.53 Å². The fourth-order valence-corrected chi connectivity index (χ4v) is 1.90. The van der Waals surface area contributed by atoms with Gasteiger partial charge in [-0.25, -0.2) is 4.79 Å². The van der Waals surface area contributed by atoms with Crippen LogP contribution >= 0.6 is 11.8 Å². The van der Waals surface area contributed by atoms with Crippen molar-refractivity contribution in [1.29, 1.82) is 0 Å². The zero-order valence-electron chi connectivity index (χ0n) is 8.69. The van der Waals surface area contributed by atoms with Crippen molar-refractivity contribution in [3.63, 3.8) is 0 Å². The molecule has 2 rings (SSSR count). The molecule has 0 fully saturated rings. The molecule has 1 aromatic carbocycles. The average Bonchev–Trinajstić information content (AvgIpc) is 2.59. The van der Waals surface area contributed by atoms with E-state index in [1.165, 1.54) is 4.90 Å². The lowest BCUT2D eigenvalue weighted by Gasteiger charge is -2.08. The standard InChI is InChI=1S/C12H12O2S/c1-8-7-11(14-12(8)13)9-3-5-10(15-2)6-4-9/h3-7,11H,1-2H3. The Labute approximate surface area is 93.3 Å². The van der Waals surface area contributed by atoms with E-state index < -0.39 is 0 Å². The zero-order chi connectivity index (χ0) is 10.8. The zero-order valence-corrected chi connectivity index (χ0v) is 9.51. The van der Waals surface area contributed by atoms with Gasteiger partial charge in [-0.1, -0.05) is 12.1 Å². The minimum Gasteiger partial charge on any atom is -0.450 e. The van der Waals surface area contributed by atoms with E-state index in [0.29, 0.717) is 5.57 Å². The van der Waals surface area contributed by atoms with Gasteiger partial charge in [-0.05, 0) is 37.0 Å². The molecule has 0 saturated carbocycles. The van der Waals surface area contributed by atoms with Crippen molar-refractivity contribution in [3.05, 3.63) is 41.5 Å². The van der Waals surface area contributed by atoms with Crippen molar-refractivity contribution in [2.45, 2.75) is 17.9 Å². The van der Waals surface area contributed by atoms with Gasteiger partial charge < -0.3 is 4.74 Å². The van der Waals surface area contributed by atoms with Crippen LogP contribution in [0.15, 0.2) is 40.8 Å². The highest BCUT2D eigenvalue weighted by molar-refractivity contribution is 7.98. The number of hydrogen-bond acceptors (Lipinski definition) is 3. The second kappa shape index (κ2) is 4.11. The molecule has 0 saturated heterocycles. The number of carbonyl (C=O) groups is 1. The highest BCUT2D eigenvalue weighted by Crippen LogP contribution is 2.28. The molecule has 2 nitrogen and oxygen atoms in total. The van der Waals surface area contributed by atoms with Crippen LogP contribution in [0, 0.1) is 0 Å². The summed E-state index contributed by atoms with van der Waals surface area (Å²) in [6, 6.07) is 8.07. The van der Waals surface area contributed by atoms with Crippen LogP contribution < -0.4 is 0 Å². The van der Waals surface area contributed by atoms with Crippen LogP contribution in [0.1, 0.15) is 18.6 Å². The predicted octanol–water partition coefficient (Wildman–Crippen LogP) is 2.95. The summed E-state index contributed by atoms with van der Waals surface area (Å²) >= 11 is 1.70. The maximum absolute atomic E-state index is 11.2. The van der Waals surface area contributed by atoms with Crippen molar-refractivity contribution in [2.75, 3.05) is 6.26 Å². The third-order valence-corrected chi connectivity index (χ3v) is 3.15. The third kappa shape index (κ3) is 2.07. The number of thioether (sulfide) groups is 1. The molecule has 0 aliphatic carbocycles. The number of esters is 1. The summed E-state index contributed by atoms with van der Waals surface area (Å²) < 4.78 is 5.19. The monoisotopic (exact) mass is 220 g/mol. The molecule has 15 heavy (non-hydrogen) atoms. The SMILES string of the molecule is CSc1ccc(C2C=C(C)C(=O)O2)cc1. The first kappa shape index (κ1) is 10.3. The fraction of sp³-hybridized carbons (Fsp3) is 0.250. The highest BCUT2D eigenvalue weighted by atomic mass is 32.2. The molecular formula is C12H12O2S. The van der Waals surface area contributed by atoms with Crippen molar-refractivity contribution in [2.24, 2.45) is 0 Å². The Morgan fingerprint density at radius 3 is 2.40 bits per heavy atom. The van der Waals surface area contributed by atoms with Crippen LogP contribution in [0.25, 0.3) is 0 Å². The smallest absolute Gasteiger partial charge is 0.334 e. The van der Waals surface area contributed by atoms with Gasteiger partial charge in [0.1, 0.15) is 6.10 Å². The molecule has 0 spiro atoms. The predicted molar refractivity (Wildman–Crippen MR) is 60.8 cm³/mol. The van der Waals surface area contributed by atoms with Gasteiger partial charge in [0, 0.05) is 10.5 Å². The summed E-state index contributed by atoms with van der Waals surface area (Å²) in [7, 11) is 0. The van der Waals surface area contributed by atoms with E-state index in [2.05, 4.69) is 0 Å². The van der Waals surface area contributed by atoms with Crippen molar-refractivity contribution < 1.29 is 9.53 Å². The normalized spacial score (nSPS) is 20.0. The van der Waals surface area contributed by atoms with E-state index in [1.807, 2.05) is 36.6 Å². The molecule has 0 N–H and O–H groups in total. The van der Waals surface area contributed by atoms with Gasteiger partial charge >= 0.3 is 5.97 Å². The molecule has 1 aromatic rings. The largest absolute Gasteiger partial charge is 0.450 e. The molecule has 1 aliphatic rings. The second-order valence-electron chi connectivity index (χ2n) is 3.45. The quantitative estimate of drug-likeness (QED) is 0.566. The Morgan fingerprint density at radius 1 is 1.27 bits per heavy atom. The summed E-state index contributed by atoms with van der Waals surface area (Å²) in [5.41, 5.74) is 1.71. The van der Waals surface area contributed by atoms with Crippen molar-refractivity contribution in [1.82, 2.24) is 0 Å². The van der Waals surface area contributed by atoms with Gasteiger partial charge in [0.25, 0.3) is 0 Å². The lowest BCUT2D eigenvalue weighted by molar-refractivity contribution is -0.139. The Balaban J connectivity index is 2.21. The first-order valence-electron chi connectivity index (χ1n) is 4.74. The van der Waals surface area contributed by atoms with Crippen LogP contribution in [0.5, 0.6) is 0 Å². The van der Waals surface area contributed by atoms with E-state index in [1.54, 1.807) is 18.7 Å². The van der Waals surface area contributed by atoms with E-state index in [0.717, 1.165) is 5.56 Å². The van der Waals surface area contributed by atoms with Crippen molar-refractivity contribution >= 4 is 17.7 Å². The maximum atomic E-state index is 11.2. The average molecular weight is 220 g/mol. The Bertz CT molecular complexity index is 406. The second-order valence-corrected chi connectivity index (χ2v) is 4.33. The van der Waals surface area contributed by atoms with E-state index in [-0.39, 0.29) is 12.1 Å². The van der Waals surface area contributed by atoms with Gasteiger partial charge in [-0.15, -0.1) is 11.8 Å². The molecule has 1 aliphatic heterocycles. The number of benzene rings is 1. The first-order chi connectivity index (χ1) is 7.20. The molecule has 3 heteroatoms. The molecule has 1 unspecified atom stereocenters.